The van der Waals surface area contributed by atoms with E-state index in [0.717, 1.165) is 24.8 Å². The summed E-state index contributed by atoms with van der Waals surface area (Å²) >= 11 is 0. The fraction of sp³-hybridized carbons (Fsp3) is 0.455. The summed E-state index contributed by atoms with van der Waals surface area (Å²) in [5.74, 6) is 0.0152. The number of nitrogens with one attached hydrogen (secondary N) is 1. The predicted molar refractivity (Wildman–Crippen MR) is 106 cm³/mol. The van der Waals surface area contributed by atoms with Crippen molar-refractivity contribution in [2.45, 2.75) is 32.3 Å². The molecule has 1 N–H and O–H groups in total. The molecule has 6 nitrogen and oxygen atoms in total. The molecule has 0 radical (unpaired) electrons. The van der Waals surface area contributed by atoms with Gasteiger partial charge < -0.3 is 19.4 Å². The van der Waals surface area contributed by atoms with E-state index in [1.165, 1.54) is 6.26 Å². The quantitative estimate of drug-likeness (QED) is 0.708. The number of hydrogen-bond donors (Lipinski definition) is 1. The average Bonchev–Trinajstić information content (AvgIpc) is 3.28. The highest BCUT2D eigenvalue weighted by Gasteiger charge is 2.29. The van der Waals surface area contributed by atoms with Gasteiger partial charge in [-0.25, -0.2) is 0 Å². The van der Waals surface area contributed by atoms with E-state index in [1.807, 2.05) is 37.3 Å². The van der Waals surface area contributed by atoms with Crippen LogP contribution < -0.4 is 5.32 Å². The van der Waals surface area contributed by atoms with Gasteiger partial charge in [-0.1, -0.05) is 30.3 Å². The Labute approximate surface area is 165 Å². The number of likely N-dealkylation sites (tertiary alicyclic amines) is 1. The van der Waals surface area contributed by atoms with Crippen LogP contribution in [0.1, 0.15) is 48.4 Å². The molecule has 0 bridgehead atoms. The first-order valence-corrected chi connectivity index (χ1v) is 9.92. The minimum absolute atomic E-state index is 0.00746. The molecule has 0 saturated carbocycles. The number of rotatable bonds is 8. The highest BCUT2D eigenvalue weighted by Crippen LogP contribution is 2.19. The average molecular weight is 384 g/mol. The van der Waals surface area contributed by atoms with Gasteiger partial charge in [0.05, 0.1) is 18.3 Å². The number of ether oxygens (including phenoxy) is 1. The van der Waals surface area contributed by atoms with Crippen LogP contribution in [-0.4, -0.2) is 43.0 Å². The third kappa shape index (κ3) is 5.45. The third-order valence-electron chi connectivity index (χ3n) is 5.07. The van der Waals surface area contributed by atoms with E-state index < -0.39 is 0 Å². The lowest BCUT2D eigenvalue weighted by Crippen LogP contribution is -2.45. The molecule has 1 aliphatic heterocycles. The van der Waals surface area contributed by atoms with Crippen molar-refractivity contribution in [3.8, 4) is 0 Å². The molecule has 6 heteroatoms. The second kappa shape index (κ2) is 10.1. The molecule has 1 aliphatic rings. The fourth-order valence-corrected chi connectivity index (χ4v) is 3.44. The van der Waals surface area contributed by atoms with Crippen LogP contribution in [-0.2, 0) is 9.53 Å². The summed E-state index contributed by atoms with van der Waals surface area (Å²) in [5.41, 5.74) is 1.15. The van der Waals surface area contributed by atoms with Gasteiger partial charge in [-0.3, -0.25) is 9.59 Å². The molecular formula is C22H28N2O4. The maximum Gasteiger partial charge on any atom is 0.289 e. The van der Waals surface area contributed by atoms with Gasteiger partial charge in [-0.15, -0.1) is 0 Å². The van der Waals surface area contributed by atoms with E-state index in [-0.39, 0.29) is 23.8 Å². The van der Waals surface area contributed by atoms with Gasteiger partial charge in [0.25, 0.3) is 5.91 Å². The molecular weight excluding hydrogens is 356 g/mol. The van der Waals surface area contributed by atoms with Gasteiger partial charge in [0.2, 0.25) is 5.91 Å². The minimum Gasteiger partial charge on any atom is -0.459 e. The number of piperidine rings is 1. The number of amides is 2. The monoisotopic (exact) mass is 384 g/mol. The number of nitrogens with zero attached hydrogens (tertiary/aromatic N) is 1. The van der Waals surface area contributed by atoms with E-state index >= 15 is 0 Å². The van der Waals surface area contributed by atoms with Crippen LogP contribution in [0.5, 0.6) is 0 Å². The summed E-state index contributed by atoms with van der Waals surface area (Å²) in [5, 5.41) is 2.98. The second-order valence-corrected chi connectivity index (χ2v) is 7.14. The van der Waals surface area contributed by atoms with Gasteiger partial charge in [0.15, 0.2) is 5.76 Å². The lowest BCUT2D eigenvalue weighted by atomic mass is 9.97. The van der Waals surface area contributed by atoms with E-state index in [4.69, 9.17) is 9.15 Å². The zero-order chi connectivity index (χ0) is 19.8. The summed E-state index contributed by atoms with van der Waals surface area (Å²) < 4.78 is 11.0. The van der Waals surface area contributed by atoms with Gasteiger partial charge in [-0.05, 0) is 43.9 Å². The van der Waals surface area contributed by atoms with Crippen molar-refractivity contribution in [1.82, 2.24) is 10.2 Å². The standard InChI is InChI=1S/C22H28N2O4/c1-17(18-8-3-2-4-9-18)27-15-7-12-23-21(25)19-10-5-13-24(16-19)22(26)20-11-6-14-28-20/h2-4,6,8-9,11,14,17,19H,5,7,10,12-13,15-16H2,1H3,(H,23,25)/t17-,19-/m0/s1. The number of carbonyl (C=O) groups excluding carboxylic acids is 2. The van der Waals surface area contributed by atoms with E-state index in [0.29, 0.717) is 32.0 Å². The van der Waals surface area contributed by atoms with E-state index in [2.05, 4.69) is 5.32 Å². The fourth-order valence-electron chi connectivity index (χ4n) is 3.44. The Morgan fingerprint density at radius 1 is 1.25 bits per heavy atom. The minimum atomic E-state index is -0.170. The van der Waals surface area contributed by atoms with E-state index in [1.54, 1.807) is 17.0 Å². The number of hydrogen-bond acceptors (Lipinski definition) is 4. The van der Waals surface area contributed by atoms with Crippen molar-refractivity contribution in [2.75, 3.05) is 26.2 Å². The molecule has 1 saturated heterocycles. The molecule has 2 aromatic rings. The van der Waals surface area contributed by atoms with Crippen molar-refractivity contribution in [1.29, 1.82) is 0 Å². The van der Waals surface area contributed by atoms with Crippen molar-refractivity contribution < 1.29 is 18.7 Å². The van der Waals surface area contributed by atoms with Crippen LogP contribution in [0, 0.1) is 5.92 Å². The first-order valence-electron chi connectivity index (χ1n) is 9.92. The van der Waals surface area contributed by atoms with Crippen molar-refractivity contribution >= 4 is 11.8 Å². The van der Waals surface area contributed by atoms with Crippen LogP contribution in [0.4, 0.5) is 0 Å². The Morgan fingerprint density at radius 2 is 2.07 bits per heavy atom. The molecule has 2 atom stereocenters. The molecule has 150 valence electrons. The highest BCUT2D eigenvalue weighted by molar-refractivity contribution is 5.92. The normalized spacial score (nSPS) is 17.9. The van der Waals surface area contributed by atoms with Crippen molar-refractivity contribution in [2.24, 2.45) is 5.92 Å². The number of carbonyl (C=O) groups is 2. The van der Waals surface area contributed by atoms with Crippen LogP contribution in [0.2, 0.25) is 0 Å². The molecule has 1 aromatic carbocycles. The molecule has 0 aliphatic carbocycles. The lowest BCUT2D eigenvalue weighted by Gasteiger charge is -2.31. The summed E-state index contributed by atoms with van der Waals surface area (Å²) in [4.78, 5) is 26.6. The van der Waals surface area contributed by atoms with Gasteiger partial charge in [0, 0.05) is 26.2 Å². The Kier molecular flexibility index (Phi) is 7.25. The SMILES string of the molecule is C[C@H](OCCCNC(=O)[C@H]1CCCN(C(=O)c2ccco2)C1)c1ccccc1. The van der Waals surface area contributed by atoms with Gasteiger partial charge in [0.1, 0.15) is 0 Å². The van der Waals surface area contributed by atoms with Crippen molar-refractivity contribution in [3.05, 3.63) is 60.1 Å². The van der Waals surface area contributed by atoms with Crippen LogP contribution in [0.3, 0.4) is 0 Å². The maximum absolute atomic E-state index is 12.5. The number of furan rings is 1. The molecule has 0 unspecified atom stereocenters. The zero-order valence-corrected chi connectivity index (χ0v) is 16.3. The Bertz CT molecular complexity index is 745. The lowest BCUT2D eigenvalue weighted by molar-refractivity contribution is -0.126. The predicted octanol–water partition coefficient (Wildman–Crippen LogP) is 3.42. The van der Waals surface area contributed by atoms with Crippen LogP contribution in [0.25, 0.3) is 0 Å². The van der Waals surface area contributed by atoms with Gasteiger partial charge in [-0.2, -0.15) is 0 Å². The smallest absolute Gasteiger partial charge is 0.289 e. The first-order chi connectivity index (χ1) is 13.6. The topological polar surface area (TPSA) is 71.8 Å². The van der Waals surface area contributed by atoms with Crippen LogP contribution >= 0.6 is 0 Å². The van der Waals surface area contributed by atoms with E-state index in [9.17, 15) is 9.59 Å². The van der Waals surface area contributed by atoms with Crippen molar-refractivity contribution in [3.63, 3.8) is 0 Å². The zero-order valence-electron chi connectivity index (χ0n) is 16.3. The second-order valence-electron chi connectivity index (χ2n) is 7.14. The summed E-state index contributed by atoms with van der Waals surface area (Å²) in [7, 11) is 0. The first kappa shape index (κ1) is 20.1. The molecule has 1 aromatic heterocycles. The summed E-state index contributed by atoms with van der Waals surface area (Å²) in [6.07, 6.45) is 3.90. The Morgan fingerprint density at radius 3 is 2.82 bits per heavy atom. The van der Waals surface area contributed by atoms with Gasteiger partial charge >= 0.3 is 0 Å². The third-order valence-corrected chi connectivity index (χ3v) is 5.07. The molecule has 2 amide bonds. The maximum atomic E-state index is 12.5. The largest absolute Gasteiger partial charge is 0.459 e. The number of benzene rings is 1. The molecule has 2 heterocycles. The Hall–Kier alpha value is -2.60. The summed E-state index contributed by atoms with van der Waals surface area (Å²) in [6.45, 7) is 4.29. The Balaban J connectivity index is 1.36. The summed E-state index contributed by atoms with van der Waals surface area (Å²) in [6, 6.07) is 13.4. The highest BCUT2D eigenvalue weighted by atomic mass is 16.5. The molecule has 28 heavy (non-hydrogen) atoms. The molecule has 3 rings (SSSR count). The molecule has 0 spiro atoms. The van der Waals surface area contributed by atoms with Crippen LogP contribution in [0.15, 0.2) is 53.1 Å². The molecule has 1 fully saturated rings.